The molecule has 1 aromatic heterocycles. The van der Waals surface area contributed by atoms with Gasteiger partial charge in [-0.15, -0.1) is 11.3 Å². The molecular formula is C14H16BrClN2S. The molecular weight excluding hydrogens is 344 g/mol. The van der Waals surface area contributed by atoms with Crippen molar-refractivity contribution in [3.05, 3.63) is 55.6 Å². The second-order valence-corrected chi connectivity index (χ2v) is 7.05. The van der Waals surface area contributed by atoms with E-state index in [0.717, 1.165) is 15.4 Å². The fraction of sp³-hybridized carbons (Fsp3) is 0.286. The Bertz CT molecular complexity index is 544. The van der Waals surface area contributed by atoms with E-state index in [9.17, 15) is 0 Å². The van der Waals surface area contributed by atoms with Crippen LogP contribution in [0.25, 0.3) is 0 Å². The Kier molecular flexibility index (Phi) is 5.42. The number of thiophene rings is 1. The van der Waals surface area contributed by atoms with E-state index < -0.39 is 0 Å². The summed E-state index contributed by atoms with van der Waals surface area (Å²) in [5.74, 6) is 0. The van der Waals surface area contributed by atoms with Crippen LogP contribution in [0.1, 0.15) is 16.5 Å². The summed E-state index contributed by atoms with van der Waals surface area (Å²) in [6.45, 7) is 1.43. The lowest BCUT2D eigenvalue weighted by molar-refractivity contribution is 0.243. The zero-order valence-electron chi connectivity index (χ0n) is 10.6. The standard InChI is InChI=1S/C14H16BrClN2S/c1-18(9-10-6-7-14(16)19-10)13(8-17)11-4-2-3-5-12(11)15/h2-7,13H,8-9,17H2,1H3. The van der Waals surface area contributed by atoms with E-state index in [0.29, 0.717) is 6.54 Å². The molecule has 0 bridgehead atoms. The van der Waals surface area contributed by atoms with Crippen LogP contribution in [0.15, 0.2) is 40.9 Å². The summed E-state index contributed by atoms with van der Waals surface area (Å²) < 4.78 is 1.93. The van der Waals surface area contributed by atoms with Gasteiger partial charge in [0.05, 0.1) is 4.34 Å². The zero-order valence-corrected chi connectivity index (χ0v) is 13.8. The van der Waals surface area contributed by atoms with Crippen molar-refractivity contribution in [3.8, 4) is 0 Å². The molecule has 0 spiro atoms. The van der Waals surface area contributed by atoms with E-state index in [4.69, 9.17) is 17.3 Å². The molecule has 0 amide bonds. The lowest BCUT2D eigenvalue weighted by Gasteiger charge is -2.27. The number of halogens is 2. The number of benzene rings is 1. The molecule has 2 nitrogen and oxygen atoms in total. The number of hydrogen-bond acceptors (Lipinski definition) is 3. The molecule has 2 N–H and O–H groups in total. The molecule has 1 atom stereocenters. The van der Waals surface area contributed by atoms with Crippen LogP contribution in [0.2, 0.25) is 4.34 Å². The van der Waals surface area contributed by atoms with E-state index in [-0.39, 0.29) is 6.04 Å². The maximum atomic E-state index is 5.97. The lowest BCUT2D eigenvalue weighted by Crippen LogP contribution is -2.30. The van der Waals surface area contributed by atoms with Gasteiger partial charge in [0.1, 0.15) is 0 Å². The third kappa shape index (κ3) is 3.80. The molecule has 0 radical (unpaired) electrons. The second-order valence-electron chi connectivity index (χ2n) is 4.39. The Balaban J connectivity index is 2.15. The fourth-order valence-electron chi connectivity index (χ4n) is 2.08. The normalized spacial score (nSPS) is 12.9. The molecule has 1 aromatic carbocycles. The first kappa shape index (κ1) is 15.0. The van der Waals surface area contributed by atoms with Gasteiger partial charge in [-0.05, 0) is 30.8 Å². The maximum absolute atomic E-state index is 5.97. The summed E-state index contributed by atoms with van der Waals surface area (Å²) in [4.78, 5) is 3.50. The van der Waals surface area contributed by atoms with Gasteiger partial charge in [-0.2, -0.15) is 0 Å². The molecule has 5 heteroatoms. The van der Waals surface area contributed by atoms with Gasteiger partial charge < -0.3 is 5.73 Å². The van der Waals surface area contributed by atoms with E-state index in [2.05, 4.69) is 40.0 Å². The Morgan fingerprint density at radius 3 is 2.63 bits per heavy atom. The lowest BCUT2D eigenvalue weighted by atomic mass is 10.1. The first-order chi connectivity index (χ1) is 9.11. The van der Waals surface area contributed by atoms with Crippen molar-refractivity contribution in [1.82, 2.24) is 4.90 Å². The van der Waals surface area contributed by atoms with Gasteiger partial charge in [0, 0.05) is 28.5 Å². The van der Waals surface area contributed by atoms with Gasteiger partial charge in [0.2, 0.25) is 0 Å². The van der Waals surface area contributed by atoms with Gasteiger partial charge in [0.25, 0.3) is 0 Å². The number of hydrogen-bond donors (Lipinski definition) is 1. The molecule has 0 aliphatic rings. The smallest absolute Gasteiger partial charge is 0.0931 e. The summed E-state index contributed by atoms with van der Waals surface area (Å²) in [6.07, 6.45) is 0. The molecule has 0 fully saturated rings. The topological polar surface area (TPSA) is 29.3 Å². The van der Waals surface area contributed by atoms with Crippen LogP contribution in [0.3, 0.4) is 0 Å². The van der Waals surface area contributed by atoms with Gasteiger partial charge in [-0.1, -0.05) is 45.7 Å². The average molecular weight is 360 g/mol. The first-order valence-electron chi connectivity index (χ1n) is 6.00. The van der Waals surface area contributed by atoms with E-state index in [1.54, 1.807) is 11.3 Å². The molecule has 19 heavy (non-hydrogen) atoms. The highest BCUT2D eigenvalue weighted by Crippen LogP contribution is 2.29. The second kappa shape index (κ2) is 6.86. The summed E-state index contributed by atoms with van der Waals surface area (Å²) in [6, 6.07) is 12.4. The number of rotatable bonds is 5. The van der Waals surface area contributed by atoms with Crippen molar-refractivity contribution in [1.29, 1.82) is 0 Å². The third-order valence-corrected chi connectivity index (χ3v) is 4.99. The van der Waals surface area contributed by atoms with Crippen molar-refractivity contribution in [3.63, 3.8) is 0 Å². The fourth-order valence-corrected chi connectivity index (χ4v) is 3.78. The molecule has 102 valence electrons. The minimum Gasteiger partial charge on any atom is -0.329 e. The summed E-state index contributed by atoms with van der Waals surface area (Å²) in [5, 5.41) is 0. The summed E-state index contributed by atoms with van der Waals surface area (Å²) >= 11 is 11.2. The van der Waals surface area contributed by atoms with Crippen LogP contribution in [-0.4, -0.2) is 18.5 Å². The predicted octanol–water partition coefficient (Wildman–Crippen LogP) is 4.30. The Morgan fingerprint density at radius 1 is 1.32 bits per heavy atom. The SMILES string of the molecule is CN(Cc1ccc(Cl)s1)C(CN)c1ccccc1Br. The van der Waals surface area contributed by atoms with Crippen LogP contribution >= 0.6 is 38.9 Å². The highest BCUT2D eigenvalue weighted by Gasteiger charge is 2.18. The minimum absolute atomic E-state index is 0.191. The quantitative estimate of drug-likeness (QED) is 0.862. The van der Waals surface area contributed by atoms with Crippen LogP contribution in [0.5, 0.6) is 0 Å². The van der Waals surface area contributed by atoms with Crippen LogP contribution in [-0.2, 0) is 6.54 Å². The zero-order chi connectivity index (χ0) is 13.8. The van der Waals surface area contributed by atoms with Crippen LogP contribution in [0, 0.1) is 0 Å². The summed E-state index contributed by atoms with van der Waals surface area (Å²) in [5.41, 5.74) is 7.17. The molecule has 1 heterocycles. The van der Waals surface area contributed by atoms with Crippen molar-refractivity contribution < 1.29 is 0 Å². The number of nitrogens with zero attached hydrogens (tertiary/aromatic N) is 1. The molecule has 2 aromatic rings. The Hall–Kier alpha value is -0.390. The van der Waals surface area contributed by atoms with Crippen molar-refractivity contribution in [2.45, 2.75) is 12.6 Å². The van der Waals surface area contributed by atoms with Gasteiger partial charge in [0.15, 0.2) is 0 Å². The molecule has 0 saturated heterocycles. The number of nitrogens with two attached hydrogens (primary N) is 1. The largest absolute Gasteiger partial charge is 0.329 e. The average Bonchev–Trinajstić information content (AvgIpc) is 2.78. The van der Waals surface area contributed by atoms with Crippen molar-refractivity contribution in [2.75, 3.05) is 13.6 Å². The van der Waals surface area contributed by atoms with Gasteiger partial charge in [-0.25, -0.2) is 0 Å². The van der Waals surface area contributed by atoms with Crippen LogP contribution in [0.4, 0.5) is 0 Å². The highest BCUT2D eigenvalue weighted by molar-refractivity contribution is 9.10. The van der Waals surface area contributed by atoms with Gasteiger partial charge in [-0.3, -0.25) is 4.90 Å². The molecule has 0 aliphatic carbocycles. The molecule has 2 rings (SSSR count). The highest BCUT2D eigenvalue weighted by atomic mass is 79.9. The van der Waals surface area contributed by atoms with E-state index in [1.165, 1.54) is 10.4 Å². The van der Waals surface area contributed by atoms with Crippen LogP contribution < -0.4 is 5.73 Å². The molecule has 0 saturated carbocycles. The molecule has 0 aliphatic heterocycles. The monoisotopic (exact) mass is 358 g/mol. The van der Waals surface area contributed by atoms with E-state index in [1.807, 2.05) is 24.3 Å². The molecule has 1 unspecified atom stereocenters. The Labute approximate surface area is 131 Å². The van der Waals surface area contributed by atoms with Crippen molar-refractivity contribution >= 4 is 38.9 Å². The first-order valence-corrected chi connectivity index (χ1v) is 7.99. The van der Waals surface area contributed by atoms with Crippen molar-refractivity contribution in [2.24, 2.45) is 5.73 Å². The maximum Gasteiger partial charge on any atom is 0.0931 e. The van der Waals surface area contributed by atoms with Gasteiger partial charge >= 0.3 is 0 Å². The minimum atomic E-state index is 0.191. The third-order valence-electron chi connectivity index (χ3n) is 3.05. The Morgan fingerprint density at radius 2 is 2.05 bits per heavy atom. The van der Waals surface area contributed by atoms with E-state index >= 15 is 0 Å². The predicted molar refractivity (Wildman–Crippen MR) is 86.7 cm³/mol. The number of likely N-dealkylation sites (N-methyl/N-ethyl adjacent to an activating group) is 1. The summed E-state index contributed by atoms with van der Waals surface area (Å²) in [7, 11) is 2.09.